The van der Waals surface area contributed by atoms with Crippen LogP contribution in [0.15, 0.2) is 26.2 Å². The molecule has 0 radical (unpaired) electrons. The third kappa shape index (κ3) is 3.35. The molecular weight excluding hydrogens is 390 g/mol. The van der Waals surface area contributed by atoms with E-state index < -0.39 is 20.6 Å². The second-order valence-corrected chi connectivity index (χ2v) is 9.23. The summed E-state index contributed by atoms with van der Waals surface area (Å²) < 4.78 is 27.1. The number of nitrogens with two attached hydrogens (primary N) is 1. The maximum atomic E-state index is 12.0. The fourth-order valence-electron chi connectivity index (χ4n) is 1.33. The van der Waals surface area contributed by atoms with Crippen molar-refractivity contribution in [2.75, 3.05) is 5.73 Å². The highest BCUT2D eigenvalue weighted by Gasteiger charge is 2.24. The minimum Gasteiger partial charge on any atom is -0.385 e. The zero-order valence-electron chi connectivity index (χ0n) is 9.70. The molecule has 2 aromatic rings. The predicted molar refractivity (Wildman–Crippen MR) is 81.4 cm³/mol. The molecule has 2 rings (SSSR count). The Morgan fingerprint density at radius 2 is 2.10 bits per heavy atom. The molecule has 7 nitrogen and oxygen atoms in total. The highest BCUT2D eigenvalue weighted by Crippen LogP contribution is 2.34. The molecule has 2 aromatic heterocycles. The molecule has 0 unspecified atom stereocenters. The van der Waals surface area contributed by atoms with Gasteiger partial charge in [-0.25, -0.2) is 13.1 Å². The van der Waals surface area contributed by atoms with Gasteiger partial charge in [-0.05, 0) is 28.1 Å². The van der Waals surface area contributed by atoms with Crippen molar-refractivity contribution in [1.29, 1.82) is 0 Å². The van der Waals surface area contributed by atoms with E-state index in [2.05, 4.69) is 20.7 Å². The highest BCUT2D eigenvalue weighted by molar-refractivity contribution is 9.11. The molecule has 0 aliphatic rings. The molecule has 3 N–H and O–H groups in total. The van der Waals surface area contributed by atoms with Crippen LogP contribution in [0.4, 0.5) is 10.7 Å². The van der Waals surface area contributed by atoms with Crippen LogP contribution in [0.25, 0.3) is 0 Å². The van der Waals surface area contributed by atoms with Gasteiger partial charge in [0.15, 0.2) is 5.00 Å². The Morgan fingerprint density at radius 3 is 2.60 bits per heavy atom. The summed E-state index contributed by atoms with van der Waals surface area (Å²) in [6.07, 6.45) is 0. The number of nitrogens with one attached hydrogen (secondary N) is 1. The maximum Gasteiger partial charge on any atom is 0.304 e. The minimum absolute atomic E-state index is 0.115. The standard InChI is InChI=1S/C9H8BrN3O4S3/c10-7-2-1-5(18-7)4-12-20(16,17)8-3-6(13(14)15)9(11)19-8/h1-3,12H,4,11H2. The summed E-state index contributed by atoms with van der Waals surface area (Å²) in [5.41, 5.74) is 5.04. The zero-order chi connectivity index (χ0) is 14.9. The SMILES string of the molecule is Nc1sc(S(=O)(=O)NCc2ccc(Br)s2)cc1[N+](=O)[O-]. The lowest BCUT2D eigenvalue weighted by Gasteiger charge is -2.02. The molecule has 108 valence electrons. The number of nitro groups is 1. The maximum absolute atomic E-state index is 12.0. The number of nitrogen functional groups attached to an aromatic ring is 1. The van der Waals surface area contributed by atoms with E-state index in [4.69, 9.17) is 5.73 Å². The molecule has 0 atom stereocenters. The summed E-state index contributed by atoms with van der Waals surface area (Å²) in [5, 5.41) is 10.5. The Bertz CT molecular complexity index is 752. The molecule has 0 bridgehead atoms. The molecule has 0 saturated heterocycles. The number of sulfonamides is 1. The highest BCUT2D eigenvalue weighted by atomic mass is 79.9. The van der Waals surface area contributed by atoms with Crippen molar-refractivity contribution < 1.29 is 13.3 Å². The van der Waals surface area contributed by atoms with E-state index in [1.807, 2.05) is 6.07 Å². The first-order valence-corrected chi connectivity index (χ1v) is 8.98. The van der Waals surface area contributed by atoms with Gasteiger partial charge in [0.25, 0.3) is 10.0 Å². The molecule has 0 aliphatic carbocycles. The number of hydrogen-bond acceptors (Lipinski definition) is 7. The number of rotatable bonds is 5. The van der Waals surface area contributed by atoms with Gasteiger partial charge >= 0.3 is 5.69 Å². The first-order valence-electron chi connectivity index (χ1n) is 5.07. The zero-order valence-corrected chi connectivity index (χ0v) is 13.7. The van der Waals surface area contributed by atoms with Gasteiger partial charge in [0.05, 0.1) is 8.71 Å². The van der Waals surface area contributed by atoms with Gasteiger partial charge in [0.1, 0.15) is 4.21 Å². The van der Waals surface area contributed by atoms with Crippen LogP contribution in [0.5, 0.6) is 0 Å². The molecule has 0 aromatic carbocycles. The monoisotopic (exact) mass is 397 g/mol. The summed E-state index contributed by atoms with van der Waals surface area (Å²) in [6, 6.07) is 4.55. The topological polar surface area (TPSA) is 115 Å². The summed E-state index contributed by atoms with van der Waals surface area (Å²) >= 11 is 5.35. The number of hydrogen-bond donors (Lipinski definition) is 2. The van der Waals surface area contributed by atoms with Crippen LogP contribution in [-0.2, 0) is 16.6 Å². The largest absolute Gasteiger partial charge is 0.385 e. The number of nitrogens with zero attached hydrogens (tertiary/aromatic N) is 1. The van der Waals surface area contributed by atoms with Crippen molar-refractivity contribution in [3.05, 3.63) is 37.0 Å². The second kappa shape index (κ2) is 5.77. The molecular formula is C9H8BrN3O4S3. The van der Waals surface area contributed by atoms with Crippen molar-refractivity contribution in [2.45, 2.75) is 10.8 Å². The predicted octanol–water partition coefficient (Wildman–Crippen LogP) is 2.54. The average Bonchev–Trinajstić information content (AvgIpc) is 2.93. The Kier molecular flexibility index (Phi) is 4.44. The summed E-state index contributed by atoms with van der Waals surface area (Å²) in [5.74, 6) is 0. The normalized spacial score (nSPS) is 11.7. The summed E-state index contributed by atoms with van der Waals surface area (Å²) in [4.78, 5) is 10.8. The Balaban J connectivity index is 2.18. The fourth-order valence-corrected chi connectivity index (χ4v) is 5.11. The lowest BCUT2D eigenvalue weighted by Crippen LogP contribution is -2.21. The molecule has 2 heterocycles. The van der Waals surface area contributed by atoms with Gasteiger partial charge in [-0.3, -0.25) is 10.1 Å². The van der Waals surface area contributed by atoms with Gasteiger partial charge in [0.2, 0.25) is 0 Å². The van der Waals surface area contributed by atoms with E-state index in [0.29, 0.717) is 11.3 Å². The minimum atomic E-state index is -3.81. The van der Waals surface area contributed by atoms with Gasteiger partial charge in [0, 0.05) is 17.5 Å². The third-order valence-corrected chi connectivity index (χ3v) is 6.70. The van der Waals surface area contributed by atoms with Gasteiger partial charge in [-0.1, -0.05) is 11.3 Å². The third-order valence-electron chi connectivity index (χ3n) is 2.24. The number of thiophene rings is 2. The van der Waals surface area contributed by atoms with Crippen molar-refractivity contribution in [3.8, 4) is 0 Å². The van der Waals surface area contributed by atoms with Crippen molar-refractivity contribution in [1.82, 2.24) is 4.72 Å². The molecule has 0 spiro atoms. The van der Waals surface area contributed by atoms with E-state index in [0.717, 1.165) is 14.7 Å². The summed E-state index contributed by atoms with van der Waals surface area (Å²) in [6.45, 7) is 0.115. The fraction of sp³-hybridized carbons (Fsp3) is 0.111. The van der Waals surface area contributed by atoms with Gasteiger partial charge in [-0.15, -0.1) is 11.3 Å². The van der Waals surface area contributed by atoms with Crippen LogP contribution in [0.1, 0.15) is 4.88 Å². The quantitative estimate of drug-likeness (QED) is 0.593. The van der Waals surface area contributed by atoms with Crippen LogP contribution >= 0.6 is 38.6 Å². The molecule has 11 heteroatoms. The molecule has 20 heavy (non-hydrogen) atoms. The summed E-state index contributed by atoms with van der Waals surface area (Å²) in [7, 11) is -3.81. The number of anilines is 1. The Hall–Kier alpha value is -1.01. The van der Waals surface area contributed by atoms with Crippen LogP contribution in [0.2, 0.25) is 0 Å². The Labute approximate surface area is 130 Å². The van der Waals surface area contributed by atoms with Gasteiger partial charge < -0.3 is 5.73 Å². The molecule has 0 aliphatic heterocycles. The van der Waals surface area contributed by atoms with Crippen LogP contribution < -0.4 is 10.5 Å². The number of halogens is 1. The average molecular weight is 398 g/mol. The van der Waals surface area contributed by atoms with E-state index in [-0.39, 0.29) is 15.8 Å². The van der Waals surface area contributed by atoms with E-state index in [1.54, 1.807) is 6.07 Å². The molecule has 0 saturated carbocycles. The molecule has 0 fully saturated rings. The molecule has 0 amide bonds. The lowest BCUT2D eigenvalue weighted by atomic mass is 10.5. The Morgan fingerprint density at radius 1 is 1.40 bits per heavy atom. The lowest BCUT2D eigenvalue weighted by molar-refractivity contribution is -0.383. The van der Waals surface area contributed by atoms with Crippen LogP contribution in [-0.4, -0.2) is 13.3 Å². The van der Waals surface area contributed by atoms with Crippen molar-refractivity contribution in [3.63, 3.8) is 0 Å². The first-order chi connectivity index (χ1) is 9.29. The van der Waals surface area contributed by atoms with E-state index in [9.17, 15) is 18.5 Å². The van der Waals surface area contributed by atoms with E-state index in [1.165, 1.54) is 11.3 Å². The van der Waals surface area contributed by atoms with Gasteiger partial charge in [-0.2, -0.15) is 0 Å². The first kappa shape index (κ1) is 15.4. The smallest absolute Gasteiger partial charge is 0.304 e. The second-order valence-electron chi connectivity index (χ2n) is 3.60. The van der Waals surface area contributed by atoms with Crippen LogP contribution in [0, 0.1) is 10.1 Å². The van der Waals surface area contributed by atoms with E-state index >= 15 is 0 Å². The van der Waals surface area contributed by atoms with Crippen LogP contribution in [0.3, 0.4) is 0 Å². The van der Waals surface area contributed by atoms with Crippen molar-refractivity contribution in [2.24, 2.45) is 0 Å². The van der Waals surface area contributed by atoms with Crippen molar-refractivity contribution >= 4 is 59.3 Å².